The number of carbonyl (C=O) groups is 2. The largest absolute Gasteiger partial charge is 0.472 e. The van der Waals surface area contributed by atoms with Crippen LogP contribution in [-0.2, 0) is 11.2 Å². The van der Waals surface area contributed by atoms with Gasteiger partial charge in [-0.1, -0.05) is 54.6 Å². The van der Waals surface area contributed by atoms with E-state index in [1.807, 2.05) is 18.2 Å². The molecule has 0 bridgehead atoms. The number of furan rings is 1. The predicted molar refractivity (Wildman–Crippen MR) is 115 cm³/mol. The lowest BCUT2D eigenvalue weighted by Gasteiger charge is -2.34. The van der Waals surface area contributed by atoms with E-state index in [9.17, 15) is 9.59 Å². The Morgan fingerprint density at radius 1 is 1.00 bits per heavy atom. The molecule has 3 aromatic rings. The Bertz CT molecular complexity index is 998. The summed E-state index contributed by atoms with van der Waals surface area (Å²) < 4.78 is 4.95. The average Bonchev–Trinajstić information content (AvgIpc) is 3.33. The van der Waals surface area contributed by atoms with E-state index in [0.29, 0.717) is 5.56 Å². The molecule has 2 aromatic carbocycles. The van der Waals surface area contributed by atoms with Gasteiger partial charge in [0.1, 0.15) is 12.3 Å². The number of hydrogen-bond acceptors (Lipinski definition) is 3. The molecule has 1 aliphatic rings. The van der Waals surface area contributed by atoms with E-state index in [1.165, 1.54) is 23.7 Å². The second-order valence-corrected chi connectivity index (χ2v) is 7.80. The number of aryl methyl sites for hydroxylation is 1. The van der Waals surface area contributed by atoms with Gasteiger partial charge in [0.2, 0.25) is 5.91 Å². The highest BCUT2D eigenvalue weighted by Crippen LogP contribution is 2.40. The van der Waals surface area contributed by atoms with Crippen molar-refractivity contribution in [1.82, 2.24) is 10.6 Å². The van der Waals surface area contributed by atoms with Crippen molar-refractivity contribution in [2.75, 3.05) is 0 Å². The number of amides is 2. The molecule has 1 heterocycles. The van der Waals surface area contributed by atoms with Gasteiger partial charge in [0.25, 0.3) is 5.91 Å². The Morgan fingerprint density at radius 2 is 1.77 bits per heavy atom. The molecule has 4 rings (SSSR count). The zero-order chi connectivity index (χ0) is 20.9. The van der Waals surface area contributed by atoms with Gasteiger partial charge in [0, 0.05) is 5.92 Å². The minimum absolute atomic E-state index is 0.159. The lowest BCUT2D eigenvalue weighted by molar-refractivity contribution is -0.123. The van der Waals surface area contributed by atoms with Gasteiger partial charge < -0.3 is 15.1 Å². The predicted octanol–water partition coefficient (Wildman–Crippen LogP) is 4.38. The Balaban J connectivity index is 1.55. The second-order valence-electron chi connectivity index (χ2n) is 7.80. The Labute approximate surface area is 176 Å². The molecular formula is C25H26N2O3. The Hall–Kier alpha value is -3.34. The molecule has 0 saturated carbocycles. The summed E-state index contributed by atoms with van der Waals surface area (Å²) in [6.45, 7) is 1.70. The molecular weight excluding hydrogens is 376 g/mol. The highest BCUT2D eigenvalue weighted by atomic mass is 16.3. The van der Waals surface area contributed by atoms with Gasteiger partial charge in [-0.15, -0.1) is 0 Å². The smallest absolute Gasteiger partial charge is 0.255 e. The van der Waals surface area contributed by atoms with Gasteiger partial charge in [-0.05, 0) is 48.9 Å². The summed E-state index contributed by atoms with van der Waals surface area (Å²) in [6, 6.07) is 19.3. The van der Waals surface area contributed by atoms with Crippen LogP contribution >= 0.6 is 0 Å². The summed E-state index contributed by atoms with van der Waals surface area (Å²) in [4.78, 5) is 25.3. The molecule has 5 nitrogen and oxygen atoms in total. The van der Waals surface area contributed by atoms with Crippen LogP contribution in [0.3, 0.4) is 0 Å². The Morgan fingerprint density at radius 3 is 2.53 bits per heavy atom. The molecule has 0 unspecified atom stereocenters. The number of hydrogen-bond donors (Lipinski definition) is 2. The summed E-state index contributed by atoms with van der Waals surface area (Å²) in [5.41, 5.74) is 4.12. The van der Waals surface area contributed by atoms with E-state index in [2.05, 4.69) is 47.0 Å². The first kappa shape index (κ1) is 20.0. The summed E-state index contributed by atoms with van der Waals surface area (Å²) in [5, 5.41) is 5.97. The van der Waals surface area contributed by atoms with E-state index >= 15 is 0 Å². The van der Waals surface area contributed by atoms with Crippen molar-refractivity contribution in [3.8, 4) is 0 Å². The van der Waals surface area contributed by atoms with Crippen molar-refractivity contribution < 1.29 is 14.0 Å². The minimum Gasteiger partial charge on any atom is -0.472 e. The third-order valence-electron chi connectivity index (χ3n) is 5.80. The van der Waals surface area contributed by atoms with Crippen LogP contribution in [-0.4, -0.2) is 17.9 Å². The fourth-order valence-corrected chi connectivity index (χ4v) is 4.23. The fourth-order valence-electron chi connectivity index (χ4n) is 4.23. The minimum atomic E-state index is -0.669. The van der Waals surface area contributed by atoms with E-state index in [-0.39, 0.29) is 23.8 Å². The monoisotopic (exact) mass is 402 g/mol. The molecule has 0 spiro atoms. The lowest BCUT2D eigenvalue weighted by Crippen LogP contribution is -2.47. The molecule has 1 aromatic heterocycles. The van der Waals surface area contributed by atoms with Crippen LogP contribution in [0.25, 0.3) is 0 Å². The molecule has 3 atom stereocenters. The fraction of sp³-hybridized carbons (Fsp3) is 0.280. The van der Waals surface area contributed by atoms with Gasteiger partial charge in [-0.3, -0.25) is 9.59 Å². The molecule has 0 aliphatic heterocycles. The summed E-state index contributed by atoms with van der Waals surface area (Å²) in [5.74, 6) is -0.340. The lowest BCUT2D eigenvalue weighted by atomic mass is 9.76. The maximum atomic E-state index is 13.0. The summed E-state index contributed by atoms with van der Waals surface area (Å²) in [6.07, 6.45) is 5.97. The van der Waals surface area contributed by atoms with E-state index < -0.39 is 6.04 Å². The van der Waals surface area contributed by atoms with Crippen LogP contribution in [0.1, 0.15) is 58.8 Å². The average molecular weight is 402 g/mol. The van der Waals surface area contributed by atoms with Gasteiger partial charge in [-0.25, -0.2) is 0 Å². The summed E-state index contributed by atoms with van der Waals surface area (Å²) >= 11 is 0. The number of nitrogens with one attached hydrogen (secondary N) is 2. The zero-order valence-corrected chi connectivity index (χ0v) is 17.0. The SMILES string of the molecule is C[C@H](NC(=O)c1ccoc1)C(=O)N[C@H](c1ccccc1)[C@H]1CCCc2ccccc21. The van der Waals surface area contributed by atoms with Crippen molar-refractivity contribution in [1.29, 1.82) is 0 Å². The molecule has 30 heavy (non-hydrogen) atoms. The number of rotatable bonds is 6. The number of benzene rings is 2. The topological polar surface area (TPSA) is 71.3 Å². The third kappa shape index (κ3) is 4.30. The van der Waals surface area contributed by atoms with Crippen LogP contribution in [0.5, 0.6) is 0 Å². The van der Waals surface area contributed by atoms with Crippen LogP contribution in [0, 0.1) is 0 Å². The van der Waals surface area contributed by atoms with Crippen LogP contribution in [0.4, 0.5) is 0 Å². The van der Waals surface area contributed by atoms with E-state index in [1.54, 1.807) is 13.0 Å². The maximum absolute atomic E-state index is 13.0. The van der Waals surface area contributed by atoms with Crippen molar-refractivity contribution >= 4 is 11.8 Å². The van der Waals surface area contributed by atoms with Gasteiger partial charge in [-0.2, -0.15) is 0 Å². The first-order valence-electron chi connectivity index (χ1n) is 10.4. The zero-order valence-electron chi connectivity index (χ0n) is 17.0. The van der Waals surface area contributed by atoms with Crippen LogP contribution in [0.2, 0.25) is 0 Å². The third-order valence-corrected chi connectivity index (χ3v) is 5.80. The summed E-state index contributed by atoms with van der Waals surface area (Å²) in [7, 11) is 0. The van der Waals surface area contributed by atoms with Crippen molar-refractivity contribution in [2.45, 2.75) is 44.2 Å². The van der Waals surface area contributed by atoms with Crippen LogP contribution in [0.15, 0.2) is 77.6 Å². The molecule has 0 saturated heterocycles. The molecule has 154 valence electrons. The van der Waals surface area contributed by atoms with E-state index in [0.717, 1.165) is 24.8 Å². The normalized spacial score (nSPS) is 17.4. The standard InChI is InChI=1S/C25H26N2O3/c1-17(26-25(29)20-14-15-30-16-20)24(28)27-23(19-9-3-2-4-10-19)22-13-7-11-18-8-5-6-12-21(18)22/h2-6,8-10,12,14-17,22-23H,7,11,13H2,1H3,(H,26,29)(H,27,28)/t17-,22-,23+/m0/s1. The second kappa shape index (κ2) is 8.99. The Kier molecular flexibility index (Phi) is 5.98. The molecule has 0 fully saturated rings. The molecule has 1 aliphatic carbocycles. The van der Waals surface area contributed by atoms with Crippen LogP contribution < -0.4 is 10.6 Å². The van der Waals surface area contributed by atoms with Crippen molar-refractivity contribution in [3.63, 3.8) is 0 Å². The highest BCUT2D eigenvalue weighted by molar-refractivity contribution is 5.97. The van der Waals surface area contributed by atoms with Gasteiger partial charge in [0.05, 0.1) is 17.9 Å². The highest BCUT2D eigenvalue weighted by Gasteiger charge is 2.31. The number of carbonyl (C=O) groups excluding carboxylic acids is 2. The van der Waals surface area contributed by atoms with Gasteiger partial charge >= 0.3 is 0 Å². The van der Waals surface area contributed by atoms with Gasteiger partial charge in [0.15, 0.2) is 0 Å². The van der Waals surface area contributed by atoms with E-state index in [4.69, 9.17) is 4.42 Å². The molecule has 2 N–H and O–H groups in total. The molecule has 0 radical (unpaired) electrons. The molecule has 5 heteroatoms. The van der Waals surface area contributed by atoms with Crippen molar-refractivity contribution in [2.24, 2.45) is 0 Å². The number of fused-ring (bicyclic) bond motifs is 1. The molecule has 2 amide bonds. The first-order valence-corrected chi connectivity index (χ1v) is 10.4. The first-order chi connectivity index (χ1) is 14.6. The quantitative estimate of drug-likeness (QED) is 0.643. The van der Waals surface area contributed by atoms with Crippen molar-refractivity contribution in [3.05, 3.63) is 95.4 Å². The maximum Gasteiger partial charge on any atom is 0.255 e.